The lowest BCUT2D eigenvalue weighted by Gasteiger charge is -2.33. The van der Waals surface area contributed by atoms with Crippen molar-refractivity contribution < 1.29 is 22.7 Å². The normalized spacial score (nSPS) is 15.9. The number of carbonyl (C=O) groups is 2. The highest BCUT2D eigenvalue weighted by Crippen LogP contribution is 2.21. The molecule has 0 spiro atoms. The second-order valence-electron chi connectivity index (χ2n) is 8.03. The Morgan fingerprint density at radius 2 is 1.69 bits per heavy atom. The number of hydrogen-bond acceptors (Lipinski definition) is 5. The fourth-order valence-corrected chi connectivity index (χ4v) is 5.01. The molecule has 2 aromatic rings. The summed E-state index contributed by atoms with van der Waals surface area (Å²) in [6.07, 6.45) is 1.25. The average molecular weight is 459 g/mol. The van der Waals surface area contributed by atoms with Crippen molar-refractivity contribution in [3.63, 3.8) is 0 Å². The maximum atomic E-state index is 13.4. The van der Waals surface area contributed by atoms with Gasteiger partial charge in [0.2, 0.25) is 15.9 Å². The SMILES string of the molecule is CCOC(=O)C1CCN(C(=O)[C@@H](Cc2ccccc2)NS(=O)(=O)c2ccc(C)cc2)CC1. The Morgan fingerprint density at radius 3 is 2.28 bits per heavy atom. The monoisotopic (exact) mass is 458 g/mol. The van der Waals surface area contributed by atoms with Crippen LogP contribution in [-0.4, -0.2) is 50.9 Å². The van der Waals surface area contributed by atoms with Gasteiger partial charge in [0.1, 0.15) is 6.04 Å². The lowest BCUT2D eigenvalue weighted by molar-refractivity contribution is -0.151. The zero-order valence-electron chi connectivity index (χ0n) is 18.5. The van der Waals surface area contributed by atoms with Crippen LogP contribution in [0.25, 0.3) is 0 Å². The molecule has 1 amide bonds. The topological polar surface area (TPSA) is 92.8 Å². The highest BCUT2D eigenvalue weighted by molar-refractivity contribution is 7.89. The van der Waals surface area contributed by atoms with E-state index in [1.807, 2.05) is 37.3 Å². The molecule has 172 valence electrons. The van der Waals surface area contributed by atoms with E-state index in [1.165, 1.54) is 12.1 Å². The second-order valence-corrected chi connectivity index (χ2v) is 9.74. The van der Waals surface area contributed by atoms with Gasteiger partial charge >= 0.3 is 5.97 Å². The first kappa shape index (κ1) is 23.9. The van der Waals surface area contributed by atoms with Crippen molar-refractivity contribution in [1.29, 1.82) is 0 Å². The number of aryl methyl sites for hydroxylation is 1. The molecule has 1 heterocycles. The second kappa shape index (κ2) is 10.7. The molecular weight excluding hydrogens is 428 g/mol. The summed E-state index contributed by atoms with van der Waals surface area (Å²) in [5, 5.41) is 0. The number of hydrogen-bond donors (Lipinski definition) is 1. The predicted octanol–water partition coefficient (Wildman–Crippen LogP) is 2.69. The number of nitrogens with one attached hydrogen (secondary N) is 1. The predicted molar refractivity (Wildman–Crippen MR) is 121 cm³/mol. The largest absolute Gasteiger partial charge is 0.466 e. The number of rotatable bonds is 8. The maximum absolute atomic E-state index is 13.4. The van der Waals surface area contributed by atoms with Crippen LogP contribution in [0.3, 0.4) is 0 Å². The van der Waals surface area contributed by atoms with E-state index in [4.69, 9.17) is 4.74 Å². The summed E-state index contributed by atoms with van der Waals surface area (Å²) < 4.78 is 33.7. The van der Waals surface area contributed by atoms with Crippen molar-refractivity contribution in [2.24, 2.45) is 5.92 Å². The first-order valence-electron chi connectivity index (χ1n) is 10.9. The molecule has 1 aliphatic heterocycles. The molecule has 1 atom stereocenters. The molecule has 3 rings (SSSR count). The van der Waals surface area contributed by atoms with E-state index in [1.54, 1.807) is 24.0 Å². The highest BCUT2D eigenvalue weighted by atomic mass is 32.2. The van der Waals surface area contributed by atoms with Crippen LogP contribution in [0.5, 0.6) is 0 Å². The van der Waals surface area contributed by atoms with E-state index < -0.39 is 16.1 Å². The van der Waals surface area contributed by atoms with Crippen LogP contribution in [-0.2, 0) is 30.8 Å². The maximum Gasteiger partial charge on any atom is 0.309 e. The van der Waals surface area contributed by atoms with Crippen molar-refractivity contribution in [2.45, 2.75) is 44.0 Å². The van der Waals surface area contributed by atoms with Gasteiger partial charge in [-0.05, 0) is 50.8 Å². The average Bonchev–Trinajstić information content (AvgIpc) is 2.79. The number of carbonyl (C=O) groups excluding carboxylic acids is 2. The zero-order chi connectivity index (χ0) is 23.1. The third-order valence-corrected chi connectivity index (χ3v) is 7.12. The van der Waals surface area contributed by atoms with E-state index in [-0.39, 0.29) is 29.1 Å². The first-order valence-corrected chi connectivity index (χ1v) is 12.4. The van der Waals surface area contributed by atoms with Gasteiger partial charge in [-0.1, -0.05) is 48.0 Å². The number of amides is 1. The summed E-state index contributed by atoms with van der Waals surface area (Å²) in [6, 6.07) is 14.9. The molecule has 1 fully saturated rings. The minimum atomic E-state index is -3.88. The summed E-state index contributed by atoms with van der Waals surface area (Å²) in [6.45, 7) is 4.76. The molecule has 1 saturated heterocycles. The Morgan fingerprint density at radius 1 is 1.06 bits per heavy atom. The lowest BCUT2D eigenvalue weighted by atomic mass is 9.96. The molecule has 1 N–H and O–H groups in total. The van der Waals surface area contributed by atoms with Crippen LogP contribution in [0.1, 0.15) is 30.9 Å². The van der Waals surface area contributed by atoms with Crippen molar-refractivity contribution in [1.82, 2.24) is 9.62 Å². The molecule has 0 aliphatic carbocycles. The van der Waals surface area contributed by atoms with Gasteiger partial charge < -0.3 is 9.64 Å². The lowest BCUT2D eigenvalue weighted by Crippen LogP contribution is -2.52. The van der Waals surface area contributed by atoms with E-state index in [0.29, 0.717) is 32.5 Å². The third-order valence-electron chi connectivity index (χ3n) is 5.64. The number of likely N-dealkylation sites (tertiary alicyclic amines) is 1. The molecule has 0 radical (unpaired) electrons. The highest BCUT2D eigenvalue weighted by Gasteiger charge is 2.33. The third kappa shape index (κ3) is 6.17. The molecule has 7 nitrogen and oxygen atoms in total. The van der Waals surface area contributed by atoms with Gasteiger partial charge in [0.05, 0.1) is 17.4 Å². The summed E-state index contributed by atoms with van der Waals surface area (Å²) in [5.74, 6) is -0.747. The molecule has 0 aromatic heterocycles. The fourth-order valence-electron chi connectivity index (χ4n) is 3.82. The number of nitrogens with zero attached hydrogens (tertiary/aromatic N) is 1. The van der Waals surface area contributed by atoms with Gasteiger partial charge in [0.25, 0.3) is 0 Å². The number of ether oxygens (including phenoxy) is 1. The van der Waals surface area contributed by atoms with Gasteiger partial charge in [0, 0.05) is 13.1 Å². The van der Waals surface area contributed by atoms with Crippen molar-refractivity contribution in [2.75, 3.05) is 19.7 Å². The van der Waals surface area contributed by atoms with Crippen LogP contribution in [0, 0.1) is 12.8 Å². The quantitative estimate of drug-likeness (QED) is 0.614. The van der Waals surface area contributed by atoms with Crippen molar-refractivity contribution in [3.05, 3.63) is 65.7 Å². The molecule has 1 aliphatic rings. The minimum Gasteiger partial charge on any atom is -0.466 e. The number of esters is 1. The van der Waals surface area contributed by atoms with E-state index in [2.05, 4.69) is 4.72 Å². The van der Waals surface area contributed by atoms with Crippen molar-refractivity contribution >= 4 is 21.9 Å². The summed E-state index contributed by atoms with van der Waals surface area (Å²) in [5.41, 5.74) is 1.81. The molecule has 0 saturated carbocycles. The fraction of sp³-hybridized carbons (Fsp3) is 0.417. The molecule has 8 heteroatoms. The number of piperidine rings is 1. The molecule has 0 bridgehead atoms. The Kier molecular flexibility index (Phi) is 8.04. The zero-order valence-corrected chi connectivity index (χ0v) is 19.3. The Hall–Kier alpha value is -2.71. The van der Waals surface area contributed by atoms with Gasteiger partial charge in [-0.25, -0.2) is 8.42 Å². The van der Waals surface area contributed by atoms with Crippen LogP contribution in [0.4, 0.5) is 0 Å². The summed E-state index contributed by atoms with van der Waals surface area (Å²) in [7, 11) is -3.88. The first-order chi connectivity index (χ1) is 15.3. The molecular formula is C24H30N2O5S. The van der Waals surface area contributed by atoms with Crippen LogP contribution in [0.15, 0.2) is 59.5 Å². The Balaban J connectivity index is 1.76. The molecule has 32 heavy (non-hydrogen) atoms. The minimum absolute atomic E-state index is 0.120. The van der Waals surface area contributed by atoms with Crippen LogP contribution < -0.4 is 4.72 Å². The van der Waals surface area contributed by atoms with Gasteiger partial charge in [0.15, 0.2) is 0 Å². The van der Waals surface area contributed by atoms with Crippen LogP contribution >= 0.6 is 0 Å². The van der Waals surface area contributed by atoms with E-state index in [9.17, 15) is 18.0 Å². The Labute approximate surface area is 189 Å². The molecule has 0 unspecified atom stereocenters. The van der Waals surface area contributed by atoms with E-state index in [0.717, 1.165) is 11.1 Å². The Bertz CT molecular complexity index is 1010. The number of benzene rings is 2. The van der Waals surface area contributed by atoms with Gasteiger partial charge in [-0.2, -0.15) is 4.72 Å². The van der Waals surface area contributed by atoms with Gasteiger partial charge in [-0.15, -0.1) is 0 Å². The summed E-state index contributed by atoms with van der Waals surface area (Å²) >= 11 is 0. The molecule has 2 aromatic carbocycles. The van der Waals surface area contributed by atoms with Gasteiger partial charge in [-0.3, -0.25) is 9.59 Å². The van der Waals surface area contributed by atoms with Crippen LogP contribution in [0.2, 0.25) is 0 Å². The summed E-state index contributed by atoms with van der Waals surface area (Å²) in [4.78, 5) is 27.1. The standard InChI is InChI=1S/C24H30N2O5S/c1-3-31-24(28)20-13-15-26(16-14-20)23(27)22(17-19-7-5-4-6-8-19)25-32(29,30)21-11-9-18(2)10-12-21/h4-12,20,22,25H,3,13-17H2,1-2H3/t22-/m1/s1. The smallest absolute Gasteiger partial charge is 0.309 e. The van der Waals surface area contributed by atoms with Crippen molar-refractivity contribution in [3.8, 4) is 0 Å². The van der Waals surface area contributed by atoms with E-state index >= 15 is 0 Å². The number of sulfonamides is 1.